The Balaban J connectivity index is 1.99. The number of ether oxygens (including phenoxy) is 1. The highest BCUT2D eigenvalue weighted by atomic mass is 35.5. The van der Waals surface area contributed by atoms with Crippen LogP contribution in [0.15, 0.2) is 48.5 Å². The van der Waals surface area contributed by atoms with Gasteiger partial charge in [0.05, 0.1) is 34.8 Å². The second-order valence-corrected chi connectivity index (χ2v) is 8.21. The molecule has 27 heavy (non-hydrogen) atoms. The van der Waals surface area contributed by atoms with Gasteiger partial charge in [0.15, 0.2) is 0 Å². The molecule has 0 saturated carbocycles. The van der Waals surface area contributed by atoms with Gasteiger partial charge in [0, 0.05) is 5.56 Å². The Labute approximate surface area is 167 Å². The zero-order valence-electron chi connectivity index (χ0n) is 14.4. The minimum Gasteiger partial charge on any atom is -0.497 e. The third kappa shape index (κ3) is 4.81. The largest absolute Gasteiger partial charge is 0.497 e. The van der Waals surface area contributed by atoms with Crippen LogP contribution in [0.4, 0.5) is 0 Å². The van der Waals surface area contributed by atoms with E-state index in [4.69, 9.17) is 32.1 Å². The Morgan fingerprint density at radius 1 is 1.04 bits per heavy atom. The van der Waals surface area contributed by atoms with E-state index in [0.29, 0.717) is 32.7 Å². The molecule has 6 nitrogen and oxygen atoms in total. The van der Waals surface area contributed by atoms with Gasteiger partial charge in [-0.3, -0.25) is 9.28 Å². The fraction of sp³-hybridized carbons (Fsp3) is 0.167. The van der Waals surface area contributed by atoms with E-state index in [2.05, 4.69) is 10.2 Å². The molecule has 0 aliphatic rings. The Kier molecular flexibility index (Phi) is 5.76. The Morgan fingerprint density at radius 3 is 2.33 bits per heavy atom. The molecular weight excluding hydrogens is 411 g/mol. The third-order valence-corrected chi connectivity index (χ3v) is 5.07. The Bertz CT molecular complexity index is 1050. The molecule has 1 aromatic heterocycles. The molecule has 0 fully saturated rings. The second kappa shape index (κ2) is 7.90. The normalized spacial score (nSPS) is 12.7. The smallest absolute Gasteiger partial charge is 0.265 e. The molecule has 0 saturated heterocycles. The SMILES string of the molecule is COc1ccc(C(OS(C)(=O)=O)c2cc(-c3ccc(Cl)c(Cl)c3)n[nH]2)cc1. The highest BCUT2D eigenvalue weighted by Gasteiger charge is 2.23. The molecule has 0 bridgehead atoms. The average Bonchev–Trinajstić information content (AvgIpc) is 3.11. The van der Waals surface area contributed by atoms with Gasteiger partial charge in [-0.1, -0.05) is 41.4 Å². The number of rotatable bonds is 6. The first-order valence-electron chi connectivity index (χ1n) is 7.80. The van der Waals surface area contributed by atoms with E-state index in [1.165, 1.54) is 0 Å². The minimum atomic E-state index is -3.72. The third-order valence-electron chi connectivity index (χ3n) is 3.79. The molecule has 9 heteroatoms. The van der Waals surface area contributed by atoms with Crippen LogP contribution >= 0.6 is 23.2 Å². The van der Waals surface area contributed by atoms with E-state index in [1.54, 1.807) is 55.6 Å². The number of benzene rings is 2. The molecule has 0 radical (unpaired) electrons. The second-order valence-electron chi connectivity index (χ2n) is 5.79. The molecule has 1 N–H and O–H groups in total. The van der Waals surface area contributed by atoms with Crippen LogP contribution in [-0.2, 0) is 14.3 Å². The van der Waals surface area contributed by atoms with E-state index in [9.17, 15) is 8.42 Å². The zero-order valence-corrected chi connectivity index (χ0v) is 16.8. The van der Waals surface area contributed by atoms with Crippen LogP contribution in [0, 0.1) is 0 Å². The summed E-state index contributed by atoms with van der Waals surface area (Å²) in [5.41, 5.74) is 2.43. The molecule has 3 aromatic rings. The van der Waals surface area contributed by atoms with Gasteiger partial charge in [-0.2, -0.15) is 13.5 Å². The van der Waals surface area contributed by atoms with Gasteiger partial charge in [-0.25, -0.2) is 0 Å². The van der Waals surface area contributed by atoms with Crippen LogP contribution in [-0.4, -0.2) is 32.0 Å². The zero-order chi connectivity index (χ0) is 19.6. The summed E-state index contributed by atoms with van der Waals surface area (Å²) in [5.74, 6) is 0.651. The molecule has 0 spiro atoms. The lowest BCUT2D eigenvalue weighted by atomic mass is 10.1. The van der Waals surface area contributed by atoms with Crippen molar-refractivity contribution in [2.45, 2.75) is 6.10 Å². The fourth-order valence-corrected chi connectivity index (χ4v) is 3.38. The number of H-pyrrole nitrogens is 1. The number of aromatic nitrogens is 2. The first-order chi connectivity index (χ1) is 12.8. The predicted molar refractivity (Wildman–Crippen MR) is 105 cm³/mol. The summed E-state index contributed by atoms with van der Waals surface area (Å²) >= 11 is 12.0. The summed E-state index contributed by atoms with van der Waals surface area (Å²) < 4.78 is 33.9. The summed E-state index contributed by atoms with van der Waals surface area (Å²) in [7, 11) is -2.17. The van der Waals surface area contributed by atoms with Crippen molar-refractivity contribution in [2.75, 3.05) is 13.4 Å². The molecule has 1 unspecified atom stereocenters. The van der Waals surface area contributed by atoms with Crippen molar-refractivity contribution < 1.29 is 17.3 Å². The molecule has 142 valence electrons. The van der Waals surface area contributed by atoms with Crippen LogP contribution in [0.1, 0.15) is 17.4 Å². The highest BCUT2D eigenvalue weighted by molar-refractivity contribution is 7.86. The van der Waals surface area contributed by atoms with E-state index in [-0.39, 0.29) is 0 Å². The van der Waals surface area contributed by atoms with Gasteiger partial charge in [-0.05, 0) is 35.9 Å². The Hall–Kier alpha value is -2.06. The lowest BCUT2D eigenvalue weighted by Gasteiger charge is -2.15. The summed E-state index contributed by atoms with van der Waals surface area (Å²) in [6, 6.07) is 13.7. The number of hydrogen-bond donors (Lipinski definition) is 1. The van der Waals surface area contributed by atoms with Crippen LogP contribution in [0.5, 0.6) is 5.75 Å². The number of nitrogens with one attached hydrogen (secondary N) is 1. The van der Waals surface area contributed by atoms with Crippen molar-refractivity contribution in [1.29, 1.82) is 0 Å². The molecular formula is C18H16Cl2N2O4S. The van der Waals surface area contributed by atoms with Gasteiger partial charge in [-0.15, -0.1) is 0 Å². The van der Waals surface area contributed by atoms with Crippen LogP contribution < -0.4 is 4.74 Å². The maximum atomic E-state index is 11.8. The van der Waals surface area contributed by atoms with E-state index in [1.807, 2.05) is 0 Å². The van der Waals surface area contributed by atoms with Gasteiger partial charge < -0.3 is 4.74 Å². The van der Waals surface area contributed by atoms with Crippen molar-refractivity contribution in [3.8, 4) is 17.0 Å². The number of halogens is 2. The molecule has 0 aliphatic heterocycles. The van der Waals surface area contributed by atoms with E-state index < -0.39 is 16.2 Å². The number of hydrogen-bond acceptors (Lipinski definition) is 5. The molecule has 0 aliphatic carbocycles. The summed E-state index contributed by atoms with van der Waals surface area (Å²) in [6.45, 7) is 0. The first-order valence-corrected chi connectivity index (χ1v) is 10.4. The van der Waals surface area contributed by atoms with Gasteiger partial charge >= 0.3 is 0 Å². The van der Waals surface area contributed by atoms with Crippen molar-refractivity contribution in [3.05, 3.63) is 69.8 Å². The topological polar surface area (TPSA) is 81.3 Å². The Morgan fingerprint density at radius 2 is 1.74 bits per heavy atom. The molecule has 1 atom stereocenters. The van der Waals surface area contributed by atoms with Gasteiger partial charge in [0.25, 0.3) is 10.1 Å². The summed E-state index contributed by atoms with van der Waals surface area (Å²) in [5, 5.41) is 7.92. The van der Waals surface area contributed by atoms with Gasteiger partial charge in [0.1, 0.15) is 11.9 Å². The van der Waals surface area contributed by atoms with Crippen LogP contribution in [0.2, 0.25) is 10.0 Å². The number of nitrogens with zero attached hydrogens (tertiary/aromatic N) is 1. The van der Waals surface area contributed by atoms with Crippen molar-refractivity contribution in [1.82, 2.24) is 10.2 Å². The average molecular weight is 427 g/mol. The summed E-state index contributed by atoms with van der Waals surface area (Å²) in [4.78, 5) is 0. The van der Waals surface area contributed by atoms with Gasteiger partial charge in [0.2, 0.25) is 0 Å². The van der Waals surface area contributed by atoms with Crippen molar-refractivity contribution in [2.24, 2.45) is 0 Å². The monoisotopic (exact) mass is 426 g/mol. The van der Waals surface area contributed by atoms with Crippen LogP contribution in [0.25, 0.3) is 11.3 Å². The maximum Gasteiger partial charge on any atom is 0.265 e. The van der Waals surface area contributed by atoms with Crippen molar-refractivity contribution >= 4 is 33.3 Å². The number of aromatic amines is 1. The molecule has 0 amide bonds. The van der Waals surface area contributed by atoms with Crippen LogP contribution in [0.3, 0.4) is 0 Å². The maximum absolute atomic E-state index is 11.8. The number of methoxy groups -OCH3 is 1. The minimum absolute atomic E-state index is 0.401. The quantitative estimate of drug-likeness (QED) is 0.588. The fourth-order valence-electron chi connectivity index (χ4n) is 2.51. The molecule has 2 aromatic carbocycles. The van der Waals surface area contributed by atoms with E-state index in [0.717, 1.165) is 11.8 Å². The molecule has 1 heterocycles. The predicted octanol–water partition coefficient (Wildman–Crippen LogP) is 4.46. The lowest BCUT2D eigenvalue weighted by molar-refractivity contribution is 0.251. The standard InChI is InChI=1S/C18H16Cl2N2O4S/c1-25-13-6-3-11(4-7-13)18(26-27(2,23)24)17-10-16(21-22-17)12-5-8-14(19)15(20)9-12/h3-10,18H,1-2H3,(H,21,22). The summed E-state index contributed by atoms with van der Waals surface area (Å²) in [6.07, 6.45) is 0.120. The first kappa shape index (κ1) is 19.7. The molecule has 3 rings (SSSR count). The highest BCUT2D eigenvalue weighted by Crippen LogP contribution is 2.32. The van der Waals surface area contributed by atoms with Crippen molar-refractivity contribution in [3.63, 3.8) is 0 Å². The van der Waals surface area contributed by atoms with E-state index >= 15 is 0 Å². The lowest BCUT2D eigenvalue weighted by Crippen LogP contribution is -2.12.